The van der Waals surface area contributed by atoms with Crippen LogP contribution in [0.2, 0.25) is 0 Å². The lowest BCUT2D eigenvalue weighted by Crippen LogP contribution is -2.37. The van der Waals surface area contributed by atoms with E-state index in [9.17, 15) is 19.7 Å². The molecule has 1 aromatic rings. The lowest BCUT2D eigenvalue weighted by atomic mass is 10.0. The number of nitrogens with zero attached hydrogens (tertiary/aromatic N) is 2. The van der Waals surface area contributed by atoms with Crippen LogP contribution in [-0.2, 0) is 4.79 Å². The van der Waals surface area contributed by atoms with E-state index in [1.54, 1.807) is 6.92 Å². The van der Waals surface area contributed by atoms with Gasteiger partial charge in [0.15, 0.2) is 0 Å². The molecule has 0 spiro atoms. The van der Waals surface area contributed by atoms with Crippen LogP contribution in [0.4, 0.5) is 5.69 Å². The van der Waals surface area contributed by atoms with Crippen LogP contribution >= 0.6 is 0 Å². The van der Waals surface area contributed by atoms with Gasteiger partial charge in [0.1, 0.15) is 5.75 Å². The molecule has 2 unspecified atom stereocenters. The van der Waals surface area contributed by atoms with Gasteiger partial charge in [0.25, 0.3) is 11.6 Å². The number of nitro groups is 1. The molecule has 0 radical (unpaired) electrons. The van der Waals surface area contributed by atoms with Crippen molar-refractivity contribution in [2.75, 3.05) is 13.7 Å². The van der Waals surface area contributed by atoms with Crippen LogP contribution in [0.25, 0.3) is 0 Å². The first-order valence-electron chi connectivity index (χ1n) is 6.73. The third-order valence-corrected chi connectivity index (χ3v) is 3.96. The summed E-state index contributed by atoms with van der Waals surface area (Å²) in [7, 11) is 1.37. The van der Waals surface area contributed by atoms with Crippen LogP contribution in [0.5, 0.6) is 5.75 Å². The Morgan fingerprint density at radius 2 is 2.14 bits per heavy atom. The van der Waals surface area contributed by atoms with E-state index in [0.29, 0.717) is 13.0 Å². The molecule has 22 heavy (non-hydrogen) atoms. The number of rotatable bonds is 4. The number of carbonyl (C=O) groups is 2. The topological polar surface area (TPSA) is 110 Å². The van der Waals surface area contributed by atoms with Crippen molar-refractivity contribution in [2.24, 2.45) is 5.92 Å². The van der Waals surface area contributed by atoms with Gasteiger partial charge in [-0.3, -0.25) is 19.7 Å². The summed E-state index contributed by atoms with van der Waals surface area (Å²) in [5.74, 6) is -1.82. The molecule has 1 aromatic carbocycles. The third-order valence-electron chi connectivity index (χ3n) is 3.96. The highest BCUT2D eigenvalue weighted by Crippen LogP contribution is 2.30. The Hall–Kier alpha value is -2.64. The number of carboxylic acids is 1. The van der Waals surface area contributed by atoms with Crippen LogP contribution in [-0.4, -0.2) is 46.5 Å². The van der Waals surface area contributed by atoms with Gasteiger partial charge in [0, 0.05) is 24.7 Å². The maximum atomic E-state index is 12.6. The standard InChI is InChI=1S/C14H16N2O6/c1-8-10(14(18)19)5-6-15(8)13(17)11-7-9(16(20)21)3-4-12(11)22-2/h3-4,7-8,10H,5-6H2,1-2H3,(H,18,19). The van der Waals surface area contributed by atoms with Gasteiger partial charge >= 0.3 is 5.97 Å². The predicted octanol–water partition coefficient (Wildman–Crippen LogP) is 1.54. The van der Waals surface area contributed by atoms with E-state index < -0.39 is 28.8 Å². The Labute approximate surface area is 126 Å². The number of carboxylic acid groups (broad SMARTS) is 1. The van der Waals surface area contributed by atoms with E-state index in [4.69, 9.17) is 9.84 Å². The average molecular weight is 308 g/mol. The van der Waals surface area contributed by atoms with Crippen LogP contribution in [0.1, 0.15) is 23.7 Å². The Kier molecular flexibility index (Phi) is 4.30. The average Bonchev–Trinajstić information content (AvgIpc) is 2.87. The zero-order chi connectivity index (χ0) is 16.4. The molecule has 2 rings (SSSR count). The molecule has 1 aliphatic rings. The second-order valence-electron chi connectivity index (χ2n) is 5.11. The molecule has 0 aliphatic carbocycles. The molecule has 1 aliphatic heterocycles. The molecule has 2 atom stereocenters. The van der Waals surface area contributed by atoms with E-state index in [1.807, 2.05) is 0 Å². The number of non-ortho nitro benzene ring substituents is 1. The number of nitro benzene ring substituents is 1. The number of methoxy groups -OCH3 is 1. The normalized spacial score (nSPS) is 20.7. The quantitative estimate of drug-likeness (QED) is 0.667. The maximum Gasteiger partial charge on any atom is 0.308 e. The largest absolute Gasteiger partial charge is 0.496 e. The first kappa shape index (κ1) is 15.7. The summed E-state index contributed by atoms with van der Waals surface area (Å²) in [6, 6.07) is 3.29. The number of likely N-dealkylation sites (tertiary alicyclic amines) is 1. The lowest BCUT2D eigenvalue weighted by molar-refractivity contribution is -0.384. The maximum absolute atomic E-state index is 12.6. The number of hydrogen-bond acceptors (Lipinski definition) is 5. The monoisotopic (exact) mass is 308 g/mol. The van der Waals surface area contributed by atoms with E-state index in [0.717, 1.165) is 6.07 Å². The zero-order valence-corrected chi connectivity index (χ0v) is 12.2. The molecule has 8 heteroatoms. The number of benzene rings is 1. The minimum atomic E-state index is -0.950. The van der Waals surface area contributed by atoms with Gasteiger partial charge in [-0.15, -0.1) is 0 Å². The van der Waals surface area contributed by atoms with Crippen LogP contribution in [0.3, 0.4) is 0 Å². The second-order valence-corrected chi connectivity index (χ2v) is 5.11. The number of carbonyl (C=O) groups excluding carboxylic acids is 1. The minimum absolute atomic E-state index is 0.0644. The SMILES string of the molecule is COc1ccc([N+](=O)[O-])cc1C(=O)N1CCC(C(=O)O)C1C. The molecular formula is C14H16N2O6. The molecular weight excluding hydrogens is 292 g/mol. The summed E-state index contributed by atoms with van der Waals surface area (Å²) >= 11 is 0. The van der Waals surface area contributed by atoms with Crippen LogP contribution in [0.15, 0.2) is 18.2 Å². The zero-order valence-electron chi connectivity index (χ0n) is 12.2. The highest BCUT2D eigenvalue weighted by atomic mass is 16.6. The molecule has 1 fully saturated rings. The molecule has 0 saturated carbocycles. The van der Waals surface area contributed by atoms with Gasteiger partial charge in [0.05, 0.1) is 23.5 Å². The fourth-order valence-corrected chi connectivity index (χ4v) is 2.69. The van der Waals surface area contributed by atoms with Crippen molar-refractivity contribution in [3.63, 3.8) is 0 Å². The molecule has 0 aromatic heterocycles. The van der Waals surface area contributed by atoms with E-state index in [1.165, 1.54) is 24.1 Å². The van der Waals surface area contributed by atoms with Gasteiger partial charge in [0.2, 0.25) is 0 Å². The van der Waals surface area contributed by atoms with E-state index in [-0.39, 0.29) is 17.0 Å². The highest BCUT2D eigenvalue weighted by molar-refractivity contribution is 5.98. The third kappa shape index (κ3) is 2.72. The summed E-state index contributed by atoms with van der Waals surface area (Å²) in [5.41, 5.74) is -0.152. The fraction of sp³-hybridized carbons (Fsp3) is 0.429. The van der Waals surface area contributed by atoms with Crippen molar-refractivity contribution in [1.82, 2.24) is 4.90 Å². The number of amides is 1. The summed E-state index contributed by atoms with van der Waals surface area (Å²) in [6.07, 6.45) is 0.361. The fourth-order valence-electron chi connectivity index (χ4n) is 2.69. The van der Waals surface area contributed by atoms with E-state index in [2.05, 4.69) is 0 Å². The Bertz CT molecular complexity index is 630. The predicted molar refractivity (Wildman–Crippen MR) is 75.9 cm³/mol. The molecule has 118 valence electrons. The first-order valence-corrected chi connectivity index (χ1v) is 6.73. The van der Waals surface area contributed by atoms with Crippen LogP contribution < -0.4 is 4.74 Å². The smallest absolute Gasteiger partial charge is 0.308 e. The number of hydrogen-bond donors (Lipinski definition) is 1. The summed E-state index contributed by atoms with van der Waals surface area (Å²) in [6.45, 7) is 1.95. The van der Waals surface area contributed by atoms with Gasteiger partial charge in [-0.2, -0.15) is 0 Å². The van der Waals surface area contributed by atoms with Gasteiger partial charge in [-0.05, 0) is 19.4 Å². The van der Waals surface area contributed by atoms with Gasteiger partial charge in [-0.1, -0.05) is 0 Å². The van der Waals surface area contributed by atoms with Crippen molar-refractivity contribution in [1.29, 1.82) is 0 Å². The Morgan fingerprint density at radius 3 is 2.64 bits per heavy atom. The summed E-state index contributed by atoms with van der Waals surface area (Å²) in [4.78, 5) is 35.4. The lowest BCUT2D eigenvalue weighted by Gasteiger charge is -2.24. The highest BCUT2D eigenvalue weighted by Gasteiger charge is 2.39. The van der Waals surface area contributed by atoms with Crippen LogP contribution in [0, 0.1) is 16.0 Å². The molecule has 1 saturated heterocycles. The van der Waals surface area contributed by atoms with Crippen molar-refractivity contribution in [3.05, 3.63) is 33.9 Å². The van der Waals surface area contributed by atoms with E-state index >= 15 is 0 Å². The Morgan fingerprint density at radius 1 is 1.45 bits per heavy atom. The molecule has 1 amide bonds. The van der Waals surface area contributed by atoms with Gasteiger partial charge in [-0.25, -0.2) is 0 Å². The number of aliphatic carboxylic acids is 1. The van der Waals surface area contributed by atoms with Crippen molar-refractivity contribution in [3.8, 4) is 5.75 Å². The molecule has 1 heterocycles. The second kappa shape index (κ2) is 6.00. The molecule has 0 bridgehead atoms. The Balaban J connectivity index is 2.35. The summed E-state index contributed by atoms with van der Waals surface area (Å²) in [5, 5.41) is 20.0. The molecule has 1 N–H and O–H groups in total. The minimum Gasteiger partial charge on any atom is -0.496 e. The summed E-state index contributed by atoms with van der Waals surface area (Å²) < 4.78 is 5.08. The first-order chi connectivity index (χ1) is 10.4. The number of ether oxygens (including phenoxy) is 1. The van der Waals surface area contributed by atoms with Gasteiger partial charge < -0.3 is 14.7 Å². The van der Waals surface area contributed by atoms with Crippen molar-refractivity contribution < 1.29 is 24.4 Å². The van der Waals surface area contributed by atoms with Crippen molar-refractivity contribution >= 4 is 17.6 Å². The molecule has 8 nitrogen and oxygen atoms in total. The van der Waals surface area contributed by atoms with Crippen molar-refractivity contribution in [2.45, 2.75) is 19.4 Å².